The molecule has 0 heterocycles. The Morgan fingerprint density at radius 1 is 0.619 bits per heavy atom. The molecule has 210 valence electrons. The van der Waals surface area contributed by atoms with Crippen LogP contribution in [-0.4, -0.2) is 11.9 Å². The molecule has 0 saturated carbocycles. The Labute approximate surface area is 246 Å². The first kappa shape index (κ1) is 28.2. The normalized spacial score (nSPS) is 11.0. The van der Waals surface area contributed by atoms with Gasteiger partial charge in [-0.25, -0.2) is 4.79 Å². The van der Waals surface area contributed by atoms with E-state index in [1.54, 1.807) is 30.3 Å². The highest BCUT2D eigenvalue weighted by Crippen LogP contribution is 2.33. The Balaban J connectivity index is 1.48. The molecule has 0 fully saturated rings. The largest absolute Gasteiger partial charge is 0.480 e. The van der Waals surface area contributed by atoms with Crippen LogP contribution in [0.25, 0.3) is 0 Å². The topological polar surface area (TPSA) is 79.5 Å². The molecule has 5 aromatic carbocycles. The van der Waals surface area contributed by atoms with Crippen molar-refractivity contribution in [3.8, 4) is 5.75 Å². The van der Waals surface area contributed by atoms with Gasteiger partial charge in [-0.05, 0) is 60.9 Å². The minimum atomic E-state index is -0.665. The lowest BCUT2D eigenvalue weighted by Gasteiger charge is -2.28. The molecule has 0 spiro atoms. The van der Waals surface area contributed by atoms with Gasteiger partial charge in [0.2, 0.25) is 0 Å². The first-order chi connectivity index (χ1) is 20.4. The van der Waals surface area contributed by atoms with Crippen LogP contribution in [0.5, 0.6) is 5.75 Å². The van der Waals surface area contributed by atoms with Crippen molar-refractivity contribution < 1.29 is 14.3 Å². The van der Waals surface area contributed by atoms with Gasteiger partial charge < -0.3 is 20.7 Å². The monoisotopic (exact) mass is 555 g/mol. The SMILES string of the molecule is CC(C)(NC(=O)c1cc(NC(=O)Nc2ccccc2)ccc1OC(c1ccccc1)c1ccccc1)c1ccccc1. The van der Waals surface area contributed by atoms with Gasteiger partial charge in [0.25, 0.3) is 5.91 Å². The van der Waals surface area contributed by atoms with E-state index < -0.39 is 17.7 Å². The Hall–Kier alpha value is -5.36. The molecule has 0 aromatic heterocycles. The number of anilines is 2. The third kappa shape index (κ3) is 7.04. The number of hydrogen-bond donors (Lipinski definition) is 3. The molecule has 5 rings (SSSR count). The van der Waals surface area contributed by atoms with Gasteiger partial charge in [-0.15, -0.1) is 0 Å². The summed E-state index contributed by atoms with van der Waals surface area (Å²) >= 11 is 0. The lowest BCUT2D eigenvalue weighted by atomic mass is 9.94. The molecule has 6 nitrogen and oxygen atoms in total. The lowest BCUT2D eigenvalue weighted by molar-refractivity contribution is 0.0906. The third-order valence-electron chi connectivity index (χ3n) is 6.88. The van der Waals surface area contributed by atoms with E-state index in [-0.39, 0.29) is 5.91 Å². The van der Waals surface area contributed by atoms with E-state index in [0.717, 1.165) is 16.7 Å². The van der Waals surface area contributed by atoms with Crippen LogP contribution in [-0.2, 0) is 5.54 Å². The van der Waals surface area contributed by atoms with Gasteiger partial charge in [0.05, 0.1) is 11.1 Å². The van der Waals surface area contributed by atoms with Gasteiger partial charge in [0, 0.05) is 11.4 Å². The van der Waals surface area contributed by atoms with Crippen molar-refractivity contribution in [1.29, 1.82) is 0 Å². The van der Waals surface area contributed by atoms with Crippen molar-refractivity contribution in [3.63, 3.8) is 0 Å². The molecule has 0 aliphatic rings. The molecule has 0 bridgehead atoms. The molecule has 6 heteroatoms. The highest BCUT2D eigenvalue weighted by atomic mass is 16.5. The Kier molecular flexibility index (Phi) is 8.64. The van der Waals surface area contributed by atoms with Gasteiger partial charge >= 0.3 is 6.03 Å². The standard InChI is InChI=1S/C36H33N3O3/c1-36(2,28-19-11-5-12-20-28)39-34(40)31-25-30(38-35(41)37-29-21-13-6-14-22-29)23-24-32(31)42-33(26-15-7-3-8-16-26)27-17-9-4-10-18-27/h3-25,33H,1-2H3,(H,39,40)(H2,37,38,41). The van der Waals surface area contributed by atoms with E-state index in [0.29, 0.717) is 22.7 Å². The number of hydrogen-bond acceptors (Lipinski definition) is 3. The van der Waals surface area contributed by atoms with Gasteiger partial charge in [0.1, 0.15) is 11.9 Å². The molecule has 0 atom stereocenters. The zero-order chi connectivity index (χ0) is 29.4. The van der Waals surface area contributed by atoms with Crippen molar-refractivity contribution in [1.82, 2.24) is 5.32 Å². The van der Waals surface area contributed by atoms with E-state index in [4.69, 9.17) is 4.74 Å². The minimum Gasteiger partial charge on any atom is -0.480 e. The highest BCUT2D eigenvalue weighted by molar-refractivity contribution is 6.02. The van der Waals surface area contributed by atoms with Crippen molar-refractivity contribution in [2.75, 3.05) is 10.6 Å². The predicted molar refractivity (Wildman–Crippen MR) is 168 cm³/mol. The van der Waals surface area contributed by atoms with E-state index >= 15 is 0 Å². The number of amides is 3. The van der Waals surface area contributed by atoms with Crippen LogP contribution in [0.1, 0.15) is 47.0 Å². The minimum absolute atomic E-state index is 0.299. The summed E-state index contributed by atoms with van der Waals surface area (Å²) in [5.41, 5.74) is 3.60. The maximum absolute atomic E-state index is 13.9. The van der Waals surface area contributed by atoms with Crippen molar-refractivity contribution in [2.24, 2.45) is 0 Å². The first-order valence-corrected chi connectivity index (χ1v) is 13.8. The number of ether oxygens (including phenoxy) is 1. The number of nitrogens with one attached hydrogen (secondary N) is 3. The number of para-hydroxylation sites is 1. The molecule has 3 N–H and O–H groups in total. The summed E-state index contributed by atoms with van der Waals surface area (Å²) in [6, 6.07) is 43.4. The average molecular weight is 556 g/mol. The molecule has 0 radical (unpaired) electrons. The van der Waals surface area contributed by atoms with Crippen LogP contribution >= 0.6 is 0 Å². The average Bonchev–Trinajstić information content (AvgIpc) is 3.02. The molecular weight excluding hydrogens is 522 g/mol. The predicted octanol–water partition coefficient (Wildman–Crippen LogP) is 8.16. The fraction of sp³-hybridized carbons (Fsp3) is 0.111. The van der Waals surface area contributed by atoms with Crippen molar-refractivity contribution in [3.05, 3.63) is 162 Å². The molecule has 0 unspecified atom stereocenters. The number of carbonyl (C=O) groups is 2. The zero-order valence-corrected chi connectivity index (χ0v) is 23.6. The van der Waals surface area contributed by atoms with Crippen LogP contribution < -0.4 is 20.7 Å². The molecule has 42 heavy (non-hydrogen) atoms. The first-order valence-electron chi connectivity index (χ1n) is 13.8. The fourth-order valence-corrected chi connectivity index (χ4v) is 4.69. The van der Waals surface area contributed by atoms with Crippen LogP contribution in [0.2, 0.25) is 0 Å². The second kappa shape index (κ2) is 12.9. The van der Waals surface area contributed by atoms with Gasteiger partial charge in [-0.3, -0.25) is 4.79 Å². The van der Waals surface area contributed by atoms with E-state index in [1.165, 1.54) is 0 Å². The Morgan fingerprint density at radius 3 is 1.69 bits per heavy atom. The molecule has 0 aliphatic heterocycles. The van der Waals surface area contributed by atoms with Gasteiger partial charge in [-0.2, -0.15) is 0 Å². The van der Waals surface area contributed by atoms with Crippen LogP contribution in [0, 0.1) is 0 Å². The quantitative estimate of drug-likeness (QED) is 0.172. The fourth-order valence-electron chi connectivity index (χ4n) is 4.69. The summed E-state index contributed by atoms with van der Waals surface area (Å²) in [6.45, 7) is 3.90. The van der Waals surface area contributed by atoms with E-state index in [9.17, 15) is 9.59 Å². The Morgan fingerprint density at radius 2 is 1.12 bits per heavy atom. The number of carbonyl (C=O) groups excluding carboxylic acids is 2. The van der Waals surface area contributed by atoms with Crippen molar-refractivity contribution in [2.45, 2.75) is 25.5 Å². The summed E-state index contributed by atoms with van der Waals surface area (Å²) in [5.74, 6) is 0.0638. The molecule has 0 saturated heterocycles. The summed E-state index contributed by atoms with van der Waals surface area (Å²) in [6.07, 6.45) is -0.457. The summed E-state index contributed by atoms with van der Waals surface area (Å²) in [7, 11) is 0. The third-order valence-corrected chi connectivity index (χ3v) is 6.88. The van der Waals surface area contributed by atoms with Gasteiger partial charge in [-0.1, -0.05) is 109 Å². The second-order valence-corrected chi connectivity index (χ2v) is 10.4. The highest BCUT2D eigenvalue weighted by Gasteiger charge is 2.27. The van der Waals surface area contributed by atoms with E-state index in [2.05, 4.69) is 16.0 Å². The van der Waals surface area contributed by atoms with Crippen molar-refractivity contribution >= 4 is 23.3 Å². The summed E-state index contributed by atoms with van der Waals surface area (Å²) in [5, 5.41) is 8.80. The van der Waals surface area contributed by atoms with E-state index in [1.807, 2.05) is 123 Å². The second-order valence-electron chi connectivity index (χ2n) is 10.4. The molecule has 0 aliphatic carbocycles. The number of benzene rings is 5. The van der Waals surface area contributed by atoms with Crippen LogP contribution in [0.3, 0.4) is 0 Å². The molecular formula is C36H33N3O3. The van der Waals surface area contributed by atoms with Crippen LogP contribution in [0.15, 0.2) is 140 Å². The van der Waals surface area contributed by atoms with Gasteiger partial charge in [0.15, 0.2) is 0 Å². The molecule has 3 amide bonds. The maximum Gasteiger partial charge on any atom is 0.323 e. The number of urea groups is 1. The number of rotatable bonds is 9. The zero-order valence-electron chi connectivity index (χ0n) is 23.6. The summed E-state index contributed by atoms with van der Waals surface area (Å²) in [4.78, 5) is 26.7. The lowest BCUT2D eigenvalue weighted by Crippen LogP contribution is -2.41. The van der Waals surface area contributed by atoms with Crippen LogP contribution in [0.4, 0.5) is 16.2 Å². The maximum atomic E-state index is 13.9. The Bertz CT molecular complexity index is 1580. The smallest absolute Gasteiger partial charge is 0.323 e. The summed E-state index contributed by atoms with van der Waals surface area (Å²) < 4.78 is 6.63. The molecule has 5 aromatic rings.